The van der Waals surface area contributed by atoms with Crippen LogP contribution in [0.4, 0.5) is 0 Å². The van der Waals surface area contributed by atoms with Gasteiger partial charge in [-0.05, 0) is 30.0 Å². The topological polar surface area (TPSA) is 55.6 Å². The molecular weight excluding hydrogens is 264 g/mol. The fraction of sp³-hybridized carbons (Fsp3) is 0.588. The van der Waals surface area contributed by atoms with Gasteiger partial charge in [-0.2, -0.15) is 0 Å². The zero-order chi connectivity index (χ0) is 15.6. The van der Waals surface area contributed by atoms with Crippen LogP contribution in [0.2, 0.25) is 0 Å². The van der Waals surface area contributed by atoms with E-state index in [1.165, 1.54) is 5.56 Å². The number of hydrogen-bond acceptors (Lipinski definition) is 3. The van der Waals surface area contributed by atoms with E-state index in [9.17, 15) is 4.79 Å². The van der Waals surface area contributed by atoms with Crippen LogP contribution in [0.1, 0.15) is 43.6 Å². The molecule has 2 rings (SSSR count). The molecule has 2 unspecified atom stereocenters. The first-order valence-corrected chi connectivity index (χ1v) is 7.56. The maximum atomic E-state index is 12.6. The van der Waals surface area contributed by atoms with E-state index in [2.05, 4.69) is 20.8 Å². The number of carbonyl (C=O) groups is 1. The molecule has 21 heavy (non-hydrogen) atoms. The minimum absolute atomic E-state index is 0.0325. The summed E-state index contributed by atoms with van der Waals surface area (Å²) < 4.78 is 5.70. The third-order valence-electron chi connectivity index (χ3n) is 3.87. The Hall–Kier alpha value is -1.39. The number of ether oxygens (including phenoxy) is 1. The number of hydrogen-bond donors (Lipinski definition) is 1. The van der Waals surface area contributed by atoms with Crippen LogP contribution in [0, 0.1) is 0 Å². The van der Waals surface area contributed by atoms with E-state index < -0.39 is 0 Å². The number of carbonyl (C=O) groups excluding carboxylic acids is 1. The van der Waals surface area contributed by atoms with E-state index in [0.717, 1.165) is 5.56 Å². The highest BCUT2D eigenvalue weighted by Crippen LogP contribution is 2.23. The molecule has 0 saturated carbocycles. The molecule has 1 saturated heterocycles. The molecule has 1 aromatic rings. The lowest BCUT2D eigenvalue weighted by atomic mass is 9.86. The number of morpholine rings is 1. The minimum Gasteiger partial charge on any atom is -0.370 e. The monoisotopic (exact) mass is 290 g/mol. The second kappa shape index (κ2) is 6.16. The van der Waals surface area contributed by atoms with Crippen LogP contribution in [0.15, 0.2) is 24.3 Å². The van der Waals surface area contributed by atoms with E-state index in [-0.39, 0.29) is 23.5 Å². The van der Waals surface area contributed by atoms with E-state index in [1.54, 1.807) is 0 Å². The summed E-state index contributed by atoms with van der Waals surface area (Å²) >= 11 is 0. The van der Waals surface area contributed by atoms with Gasteiger partial charge in [-0.25, -0.2) is 0 Å². The average Bonchev–Trinajstić information content (AvgIpc) is 2.45. The summed E-state index contributed by atoms with van der Waals surface area (Å²) in [4.78, 5) is 14.4. The smallest absolute Gasteiger partial charge is 0.254 e. The first-order valence-electron chi connectivity index (χ1n) is 7.56. The Labute approximate surface area is 127 Å². The van der Waals surface area contributed by atoms with Crippen molar-refractivity contribution in [2.75, 3.05) is 19.6 Å². The molecule has 2 atom stereocenters. The van der Waals surface area contributed by atoms with Crippen molar-refractivity contribution in [2.24, 2.45) is 5.73 Å². The molecule has 0 spiro atoms. The van der Waals surface area contributed by atoms with Crippen LogP contribution in [0.3, 0.4) is 0 Å². The molecule has 0 aromatic heterocycles. The third-order valence-corrected chi connectivity index (χ3v) is 3.87. The highest BCUT2D eigenvalue weighted by Gasteiger charge is 2.28. The van der Waals surface area contributed by atoms with Crippen molar-refractivity contribution in [1.29, 1.82) is 0 Å². The van der Waals surface area contributed by atoms with Crippen molar-refractivity contribution >= 4 is 5.91 Å². The van der Waals surface area contributed by atoms with Crippen LogP contribution >= 0.6 is 0 Å². The van der Waals surface area contributed by atoms with Gasteiger partial charge in [0.25, 0.3) is 5.91 Å². The Balaban J connectivity index is 2.12. The van der Waals surface area contributed by atoms with Crippen LogP contribution in [0.25, 0.3) is 0 Å². The van der Waals surface area contributed by atoms with Crippen molar-refractivity contribution in [3.05, 3.63) is 35.4 Å². The first-order chi connectivity index (χ1) is 9.81. The summed E-state index contributed by atoms with van der Waals surface area (Å²) in [5, 5.41) is 0. The van der Waals surface area contributed by atoms with Gasteiger partial charge in [0.05, 0.1) is 12.2 Å². The van der Waals surface area contributed by atoms with Gasteiger partial charge < -0.3 is 15.4 Å². The lowest BCUT2D eigenvalue weighted by Crippen LogP contribution is -2.51. The Morgan fingerprint density at radius 2 is 1.90 bits per heavy atom. The average molecular weight is 290 g/mol. The Kier molecular flexibility index (Phi) is 4.69. The molecule has 1 amide bonds. The highest BCUT2D eigenvalue weighted by atomic mass is 16.5. The molecular formula is C17H26N2O2. The lowest BCUT2D eigenvalue weighted by molar-refractivity contribution is -0.0625. The van der Waals surface area contributed by atoms with Gasteiger partial charge in [-0.15, -0.1) is 0 Å². The molecule has 0 radical (unpaired) electrons. The predicted octanol–water partition coefficient (Wildman–Crippen LogP) is 2.17. The van der Waals surface area contributed by atoms with Gasteiger partial charge in [0.2, 0.25) is 0 Å². The van der Waals surface area contributed by atoms with Crippen molar-refractivity contribution in [3.63, 3.8) is 0 Å². The summed E-state index contributed by atoms with van der Waals surface area (Å²) in [6.07, 6.45) is -0.0309. The zero-order valence-corrected chi connectivity index (χ0v) is 13.4. The Morgan fingerprint density at radius 1 is 1.29 bits per heavy atom. The first kappa shape index (κ1) is 16.0. The molecule has 4 nitrogen and oxygen atoms in total. The van der Waals surface area contributed by atoms with Crippen molar-refractivity contribution in [3.8, 4) is 0 Å². The maximum absolute atomic E-state index is 12.6. The molecule has 0 aliphatic carbocycles. The summed E-state index contributed by atoms with van der Waals surface area (Å²) in [6.45, 7) is 10.1. The van der Waals surface area contributed by atoms with E-state index in [0.29, 0.717) is 19.6 Å². The van der Waals surface area contributed by atoms with Gasteiger partial charge in [-0.3, -0.25) is 4.79 Å². The zero-order valence-electron chi connectivity index (χ0n) is 13.4. The van der Waals surface area contributed by atoms with Crippen LogP contribution < -0.4 is 5.73 Å². The standard InChI is InChI=1S/C17H26N2O2/c1-12-10-19(11-15(9-18)21-12)16(20)13-5-7-14(8-6-13)17(2,3)4/h5-8,12,15H,9-11,18H2,1-4H3. The predicted molar refractivity (Wildman–Crippen MR) is 84.4 cm³/mol. The van der Waals surface area contributed by atoms with Crippen LogP contribution in [0.5, 0.6) is 0 Å². The van der Waals surface area contributed by atoms with Gasteiger partial charge in [0.15, 0.2) is 0 Å². The van der Waals surface area contributed by atoms with Gasteiger partial charge >= 0.3 is 0 Å². The third kappa shape index (κ3) is 3.83. The SMILES string of the molecule is CC1CN(C(=O)c2ccc(C(C)(C)C)cc2)CC(CN)O1. The molecule has 4 heteroatoms. The molecule has 0 bridgehead atoms. The maximum Gasteiger partial charge on any atom is 0.254 e. The van der Waals surface area contributed by atoms with Crippen molar-refractivity contribution in [1.82, 2.24) is 4.90 Å². The normalized spacial score (nSPS) is 23.2. The fourth-order valence-corrected chi connectivity index (χ4v) is 2.64. The van der Waals surface area contributed by atoms with Gasteiger partial charge in [-0.1, -0.05) is 32.9 Å². The molecule has 1 heterocycles. The number of rotatable bonds is 2. The van der Waals surface area contributed by atoms with Crippen molar-refractivity contribution < 1.29 is 9.53 Å². The second-order valence-electron chi connectivity index (χ2n) is 6.84. The van der Waals surface area contributed by atoms with Gasteiger partial charge in [0.1, 0.15) is 0 Å². The Bertz CT molecular complexity index is 491. The quantitative estimate of drug-likeness (QED) is 0.908. The highest BCUT2D eigenvalue weighted by molar-refractivity contribution is 5.94. The fourth-order valence-electron chi connectivity index (χ4n) is 2.64. The minimum atomic E-state index is -0.0634. The molecule has 2 N–H and O–H groups in total. The number of nitrogens with two attached hydrogens (primary N) is 1. The van der Waals surface area contributed by atoms with E-state index >= 15 is 0 Å². The summed E-state index contributed by atoms with van der Waals surface area (Å²) in [6, 6.07) is 7.91. The van der Waals surface area contributed by atoms with Crippen LogP contribution in [-0.4, -0.2) is 42.6 Å². The molecule has 1 fully saturated rings. The van der Waals surface area contributed by atoms with E-state index in [4.69, 9.17) is 10.5 Å². The molecule has 116 valence electrons. The number of benzene rings is 1. The van der Waals surface area contributed by atoms with Gasteiger partial charge in [0, 0.05) is 25.2 Å². The van der Waals surface area contributed by atoms with Crippen LogP contribution in [-0.2, 0) is 10.2 Å². The Morgan fingerprint density at radius 3 is 2.43 bits per heavy atom. The second-order valence-corrected chi connectivity index (χ2v) is 6.84. The summed E-state index contributed by atoms with van der Waals surface area (Å²) in [7, 11) is 0. The molecule has 1 aliphatic rings. The van der Waals surface area contributed by atoms with E-state index in [1.807, 2.05) is 36.1 Å². The lowest BCUT2D eigenvalue weighted by Gasteiger charge is -2.36. The van der Waals surface area contributed by atoms with Crippen molar-refractivity contribution in [2.45, 2.75) is 45.3 Å². The summed E-state index contributed by atoms with van der Waals surface area (Å²) in [5.74, 6) is 0.0593. The summed E-state index contributed by atoms with van der Waals surface area (Å²) in [5.41, 5.74) is 7.73. The number of nitrogens with zero attached hydrogens (tertiary/aromatic N) is 1. The number of amides is 1. The molecule has 1 aromatic carbocycles. The molecule has 1 aliphatic heterocycles. The largest absolute Gasteiger partial charge is 0.370 e.